The van der Waals surface area contributed by atoms with E-state index in [-0.39, 0.29) is 0 Å². The Morgan fingerprint density at radius 1 is 1.50 bits per heavy atom. The Kier molecular flexibility index (Phi) is 6.06. The standard InChI is InChI=1S/C6H12N2/c1-3-4-5-6-8-7-2/h7-8H,5-6H2,1-2H3. The molecule has 0 saturated carbocycles. The van der Waals surface area contributed by atoms with Crippen molar-refractivity contribution < 1.29 is 0 Å². The van der Waals surface area contributed by atoms with Crippen molar-refractivity contribution in [2.75, 3.05) is 13.6 Å². The molecule has 0 aromatic carbocycles. The van der Waals surface area contributed by atoms with Gasteiger partial charge in [-0.05, 0) is 14.0 Å². The average molecular weight is 112 g/mol. The third kappa shape index (κ3) is 5.48. The predicted octanol–water partition coefficient (Wildman–Crippen LogP) is 0.124. The Morgan fingerprint density at radius 2 is 2.25 bits per heavy atom. The van der Waals surface area contributed by atoms with Crippen molar-refractivity contribution in [2.45, 2.75) is 13.3 Å². The molecule has 0 spiro atoms. The van der Waals surface area contributed by atoms with E-state index in [1.54, 1.807) is 0 Å². The molecule has 0 saturated heterocycles. The third-order valence-corrected chi connectivity index (χ3v) is 0.729. The molecular formula is C6H12N2. The molecule has 0 radical (unpaired) electrons. The van der Waals surface area contributed by atoms with Crippen molar-refractivity contribution >= 4 is 0 Å². The van der Waals surface area contributed by atoms with Crippen LogP contribution in [0.1, 0.15) is 13.3 Å². The molecule has 0 amide bonds. The van der Waals surface area contributed by atoms with E-state index in [4.69, 9.17) is 0 Å². The smallest absolute Gasteiger partial charge is 0.0228 e. The summed E-state index contributed by atoms with van der Waals surface area (Å²) in [5, 5.41) is 0. The van der Waals surface area contributed by atoms with Crippen molar-refractivity contribution in [3.8, 4) is 11.8 Å². The summed E-state index contributed by atoms with van der Waals surface area (Å²) in [6.07, 6.45) is 0.914. The van der Waals surface area contributed by atoms with E-state index < -0.39 is 0 Å². The highest BCUT2D eigenvalue weighted by Gasteiger charge is 1.74. The van der Waals surface area contributed by atoms with Crippen LogP contribution in [-0.4, -0.2) is 13.6 Å². The molecule has 2 nitrogen and oxygen atoms in total. The lowest BCUT2D eigenvalue weighted by Crippen LogP contribution is -2.27. The van der Waals surface area contributed by atoms with Crippen LogP contribution in [-0.2, 0) is 0 Å². The molecule has 46 valence electrons. The fraction of sp³-hybridized carbons (Fsp3) is 0.667. The maximum absolute atomic E-state index is 2.93. The Morgan fingerprint density at radius 3 is 2.75 bits per heavy atom. The molecule has 2 N–H and O–H groups in total. The predicted molar refractivity (Wildman–Crippen MR) is 35.1 cm³/mol. The third-order valence-electron chi connectivity index (χ3n) is 0.729. The Balaban J connectivity index is 2.79. The second-order valence-electron chi connectivity index (χ2n) is 1.35. The van der Waals surface area contributed by atoms with Crippen LogP contribution in [0.5, 0.6) is 0 Å². The van der Waals surface area contributed by atoms with Gasteiger partial charge in [-0.25, -0.2) is 0 Å². The van der Waals surface area contributed by atoms with Crippen LogP contribution >= 0.6 is 0 Å². The molecule has 2 heteroatoms. The first-order valence-electron chi connectivity index (χ1n) is 2.71. The van der Waals surface area contributed by atoms with Crippen LogP contribution in [0.25, 0.3) is 0 Å². The number of hydrogen-bond acceptors (Lipinski definition) is 2. The SMILES string of the molecule is CC#CCCNNC. The fourth-order valence-corrected chi connectivity index (χ4v) is 0.375. The van der Waals surface area contributed by atoms with Crippen molar-refractivity contribution in [1.29, 1.82) is 0 Å². The minimum absolute atomic E-state index is 0.914. The van der Waals surface area contributed by atoms with Crippen molar-refractivity contribution in [3.63, 3.8) is 0 Å². The van der Waals surface area contributed by atoms with Gasteiger partial charge >= 0.3 is 0 Å². The van der Waals surface area contributed by atoms with Gasteiger partial charge in [-0.2, -0.15) is 0 Å². The topological polar surface area (TPSA) is 24.1 Å². The van der Waals surface area contributed by atoms with Gasteiger partial charge in [0.25, 0.3) is 0 Å². The lowest BCUT2D eigenvalue weighted by Gasteiger charge is -1.94. The van der Waals surface area contributed by atoms with Gasteiger partial charge in [0.1, 0.15) is 0 Å². The van der Waals surface area contributed by atoms with Gasteiger partial charge in [-0.3, -0.25) is 10.9 Å². The summed E-state index contributed by atoms with van der Waals surface area (Å²) in [7, 11) is 1.85. The largest absolute Gasteiger partial charge is 0.261 e. The van der Waals surface area contributed by atoms with Crippen LogP contribution in [0.4, 0.5) is 0 Å². The highest BCUT2D eigenvalue weighted by molar-refractivity contribution is 4.94. The number of hydrogen-bond donors (Lipinski definition) is 2. The summed E-state index contributed by atoms with van der Waals surface area (Å²) < 4.78 is 0. The monoisotopic (exact) mass is 112 g/mol. The van der Waals surface area contributed by atoms with Crippen LogP contribution in [0, 0.1) is 11.8 Å². The van der Waals surface area contributed by atoms with E-state index in [1.165, 1.54) is 0 Å². The summed E-state index contributed by atoms with van der Waals surface area (Å²) in [5.41, 5.74) is 5.74. The van der Waals surface area contributed by atoms with Gasteiger partial charge in [0.05, 0.1) is 0 Å². The molecule has 0 aromatic rings. The van der Waals surface area contributed by atoms with Gasteiger partial charge < -0.3 is 0 Å². The number of hydrazine groups is 1. The van der Waals surface area contributed by atoms with Crippen molar-refractivity contribution in [2.24, 2.45) is 0 Å². The van der Waals surface area contributed by atoms with Crippen LogP contribution in [0.3, 0.4) is 0 Å². The first kappa shape index (κ1) is 7.48. The van der Waals surface area contributed by atoms with E-state index in [9.17, 15) is 0 Å². The zero-order valence-electron chi connectivity index (χ0n) is 5.41. The van der Waals surface area contributed by atoms with Crippen LogP contribution < -0.4 is 10.9 Å². The molecule has 0 aliphatic heterocycles. The Bertz CT molecular complexity index is 88.4. The second-order valence-corrected chi connectivity index (χ2v) is 1.35. The average Bonchev–Trinajstić information content (AvgIpc) is 1.81. The summed E-state index contributed by atoms with van der Waals surface area (Å²) in [6, 6.07) is 0. The van der Waals surface area contributed by atoms with Gasteiger partial charge in [-0.15, -0.1) is 11.8 Å². The van der Waals surface area contributed by atoms with Crippen molar-refractivity contribution in [3.05, 3.63) is 0 Å². The maximum Gasteiger partial charge on any atom is 0.0228 e. The molecule has 0 atom stereocenters. The van der Waals surface area contributed by atoms with E-state index in [0.717, 1.165) is 13.0 Å². The fourth-order valence-electron chi connectivity index (χ4n) is 0.375. The summed E-state index contributed by atoms with van der Waals surface area (Å²) in [4.78, 5) is 0. The second kappa shape index (κ2) is 6.48. The molecule has 0 fully saturated rings. The number of rotatable bonds is 3. The zero-order chi connectivity index (χ0) is 6.24. The first-order chi connectivity index (χ1) is 3.91. The minimum atomic E-state index is 0.914. The lowest BCUT2D eigenvalue weighted by atomic mass is 10.4. The molecule has 0 aliphatic carbocycles. The summed E-state index contributed by atoms with van der Waals surface area (Å²) in [5.74, 6) is 5.74. The molecule has 0 heterocycles. The highest BCUT2D eigenvalue weighted by atomic mass is 15.3. The van der Waals surface area contributed by atoms with Crippen molar-refractivity contribution in [1.82, 2.24) is 10.9 Å². The lowest BCUT2D eigenvalue weighted by molar-refractivity contribution is 0.606. The minimum Gasteiger partial charge on any atom is -0.261 e. The molecule has 0 bridgehead atoms. The molecule has 8 heavy (non-hydrogen) atoms. The summed E-state index contributed by atoms with van der Waals surface area (Å²) >= 11 is 0. The van der Waals surface area contributed by atoms with E-state index >= 15 is 0 Å². The molecular weight excluding hydrogens is 100 g/mol. The van der Waals surface area contributed by atoms with Gasteiger partial charge in [0.2, 0.25) is 0 Å². The van der Waals surface area contributed by atoms with Gasteiger partial charge in [0.15, 0.2) is 0 Å². The highest BCUT2D eigenvalue weighted by Crippen LogP contribution is 1.66. The molecule has 0 rings (SSSR count). The molecule has 0 aliphatic rings. The summed E-state index contributed by atoms with van der Waals surface area (Å²) in [6.45, 7) is 2.76. The van der Waals surface area contributed by atoms with Gasteiger partial charge in [0, 0.05) is 13.0 Å². The zero-order valence-corrected chi connectivity index (χ0v) is 5.41. The molecule has 0 unspecified atom stereocenters. The molecule has 0 aromatic heterocycles. The van der Waals surface area contributed by atoms with E-state index in [2.05, 4.69) is 22.7 Å². The maximum atomic E-state index is 2.93. The van der Waals surface area contributed by atoms with E-state index in [1.807, 2.05) is 14.0 Å². The Labute approximate surface area is 50.6 Å². The normalized spacial score (nSPS) is 7.75. The van der Waals surface area contributed by atoms with Gasteiger partial charge in [-0.1, -0.05) is 0 Å². The first-order valence-corrected chi connectivity index (χ1v) is 2.71. The van der Waals surface area contributed by atoms with E-state index in [0.29, 0.717) is 0 Å². The number of nitrogens with one attached hydrogen (secondary N) is 2. The van der Waals surface area contributed by atoms with Crippen LogP contribution in [0.15, 0.2) is 0 Å². The van der Waals surface area contributed by atoms with Crippen LogP contribution in [0.2, 0.25) is 0 Å². The quantitative estimate of drug-likeness (QED) is 0.308. The Hall–Kier alpha value is -0.520.